The lowest BCUT2D eigenvalue weighted by molar-refractivity contribution is -0.133. The molecule has 1 saturated carbocycles. The minimum atomic E-state index is -0.0856. The first-order valence-electron chi connectivity index (χ1n) is 4.27. The number of piperidine rings is 1. The van der Waals surface area contributed by atoms with Crippen LogP contribution in [0.4, 0.5) is 0 Å². The number of hydrogen-bond donors (Lipinski definition) is 1. The van der Waals surface area contributed by atoms with Crippen molar-refractivity contribution in [1.29, 1.82) is 0 Å². The Hall–Kier alpha value is -0.530. The molecular formula is C9H15NO. The number of fused-ring (bicyclic) bond motifs is 2. The van der Waals surface area contributed by atoms with E-state index >= 15 is 0 Å². The zero-order valence-corrected chi connectivity index (χ0v) is 7.40. The van der Waals surface area contributed by atoms with Crippen LogP contribution < -0.4 is 5.32 Å². The monoisotopic (exact) mass is 153 g/mol. The smallest absolute Gasteiger partial charge is 0.226 e. The van der Waals surface area contributed by atoms with Gasteiger partial charge in [0.1, 0.15) is 0 Å². The van der Waals surface area contributed by atoms with Gasteiger partial charge in [0, 0.05) is 6.04 Å². The molecule has 2 bridgehead atoms. The predicted molar refractivity (Wildman–Crippen MR) is 43.1 cm³/mol. The number of carbonyl (C=O) groups is 1. The molecule has 1 amide bonds. The summed E-state index contributed by atoms with van der Waals surface area (Å²) < 4.78 is 0. The Labute approximate surface area is 67.4 Å². The highest BCUT2D eigenvalue weighted by atomic mass is 16.2. The zero-order valence-electron chi connectivity index (χ0n) is 7.40. The van der Waals surface area contributed by atoms with Gasteiger partial charge < -0.3 is 5.32 Å². The molecule has 0 unspecified atom stereocenters. The average Bonchev–Trinajstić information content (AvgIpc) is 2.16. The van der Waals surface area contributed by atoms with Crippen molar-refractivity contribution >= 4 is 5.91 Å². The summed E-state index contributed by atoms with van der Waals surface area (Å²) in [6.45, 7) is 6.49. The first-order chi connectivity index (χ1) is 4.96. The Morgan fingerprint density at radius 1 is 1.36 bits per heavy atom. The van der Waals surface area contributed by atoms with Gasteiger partial charge in [-0.3, -0.25) is 4.79 Å². The van der Waals surface area contributed by atoms with Crippen molar-refractivity contribution in [1.82, 2.24) is 5.32 Å². The van der Waals surface area contributed by atoms with E-state index in [9.17, 15) is 4.79 Å². The molecule has 2 rings (SSSR count). The predicted octanol–water partition coefficient (Wildman–Crippen LogP) is 1.31. The fourth-order valence-corrected chi connectivity index (χ4v) is 2.53. The van der Waals surface area contributed by atoms with Gasteiger partial charge in [-0.05, 0) is 18.3 Å². The molecule has 1 saturated heterocycles. The maximum absolute atomic E-state index is 11.5. The summed E-state index contributed by atoms with van der Waals surface area (Å²) in [6, 6.07) is 0.461. The first kappa shape index (κ1) is 7.14. The van der Waals surface area contributed by atoms with Crippen molar-refractivity contribution in [2.24, 2.45) is 10.8 Å². The fraction of sp³-hybridized carbons (Fsp3) is 0.889. The fourth-order valence-electron chi connectivity index (χ4n) is 2.53. The lowest BCUT2D eigenvalue weighted by Crippen LogP contribution is -2.45. The molecular weight excluding hydrogens is 138 g/mol. The van der Waals surface area contributed by atoms with Gasteiger partial charge in [0.25, 0.3) is 0 Å². The van der Waals surface area contributed by atoms with Crippen LogP contribution in [-0.2, 0) is 4.79 Å². The van der Waals surface area contributed by atoms with Crippen LogP contribution in [0.2, 0.25) is 0 Å². The van der Waals surface area contributed by atoms with Crippen LogP contribution in [0.3, 0.4) is 0 Å². The Morgan fingerprint density at radius 3 is 2.27 bits per heavy atom. The molecule has 0 aromatic heterocycles. The van der Waals surface area contributed by atoms with Gasteiger partial charge in [0.15, 0.2) is 0 Å². The standard InChI is InChI=1S/C9H15NO/c1-8(2)4-6-5-9(8,3)7(11)10-6/h6H,4-5H2,1-3H3,(H,10,11)/t6-,9+/m0/s1. The molecule has 2 atom stereocenters. The van der Waals surface area contributed by atoms with E-state index in [1.54, 1.807) is 0 Å². The molecule has 1 aliphatic carbocycles. The molecule has 0 spiro atoms. The summed E-state index contributed by atoms with van der Waals surface area (Å²) >= 11 is 0. The van der Waals surface area contributed by atoms with Crippen molar-refractivity contribution in [3.63, 3.8) is 0 Å². The summed E-state index contributed by atoms with van der Waals surface area (Å²) in [4.78, 5) is 11.5. The van der Waals surface area contributed by atoms with E-state index in [0.717, 1.165) is 12.8 Å². The Morgan fingerprint density at radius 2 is 2.00 bits per heavy atom. The molecule has 0 aromatic rings. The Bertz CT molecular complexity index is 222. The van der Waals surface area contributed by atoms with Crippen molar-refractivity contribution in [2.75, 3.05) is 0 Å². The number of hydrogen-bond acceptors (Lipinski definition) is 1. The number of amides is 1. The van der Waals surface area contributed by atoms with Crippen LogP contribution in [0.1, 0.15) is 33.6 Å². The lowest BCUT2D eigenvalue weighted by atomic mass is 9.68. The maximum atomic E-state index is 11.5. The van der Waals surface area contributed by atoms with E-state index in [1.807, 2.05) is 0 Å². The van der Waals surface area contributed by atoms with E-state index in [-0.39, 0.29) is 16.7 Å². The summed E-state index contributed by atoms with van der Waals surface area (Å²) in [6.07, 6.45) is 2.19. The minimum absolute atomic E-state index is 0.0856. The molecule has 62 valence electrons. The van der Waals surface area contributed by atoms with Crippen molar-refractivity contribution < 1.29 is 4.79 Å². The van der Waals surface area contributed by atoms with Gasteiger partial charge in [-0.2, -0.15) is 0 Å². The largest absolute Gasteiger partial charge is 0.353 e. The van der Waals surface area contributed by atoms with Crippen molar-refractivity contribution in [3.8, 4) is 0 Å². The van der Waals surface area contributed by atoms with E-state index in [1.165, 1.54) is 0 Å². The Kier molecular flexibility index (Phi) is 1.05. The minimum Gasteiger partial charge on any atom is -0.353 e. The van der Waals surface area contributed by atoms with Gasteiger partial charge in [-0.1, -0.05) is 20.8 Å². The van der Waals surface area contributed by atoms with Crippen LogP contribution in [0.5, 0.6) is 0 Å². The summed E-state index contributed by atoms with van der Waals surface area (Å²) in [5.74, 6) is 0.263. The highest BCUT2D eigenvalue weighted by molar-refractivity contribution is 5.87. The van der Waals surface area contributed by atoms with Gasteiger partial charge in [-0.15, -0.1) is 0 Å². The highest BCUT2D eigenvalue weighted by Crippen LogP contribution is 2.55. The molecule has 1 heterocycles. The third-order valence-electron chi connectivity index (χ3n) is 3.74. The summed E-state index contributed by atoms with van der Waals surface area (Å²) in [5, 5.41) is 3.01. The maximum Gasteiger partial charge on any atom is 0.226 e. The molecule has 2 aliphatic rings. The van der Waals surface area contributed by atoms with Crippen LogP contribution in [0.25, 0.3) is 0 Å². The molecule has 0 aromatic carbocycles. The summed E-state index contributed by atoms with van der Waals surface area (Å²) in [7, 11) is 0. The zero-order chi connectivity index (χ0) is 8.28. The second-order valence-corrected chi connectivity index (χ2v) is 4.79. The first-order valence-corrected chi connectivity index (χ1v) is 4.27. The van der Waals surface area contributed by atoms with E-state index in [2.05, 4.69) is 26.1 Å². The summed E-state index contributed by atoms with van der Waals surface area (Å²) in [5.41, 5.74) is 0.123. The van der Waals surface area contributed by atoms with Crippen LogP contribution in [-0.4, -0.2) is 11.9 Å². The topological polar surface area (TPSA) is 29.1 Å². The number of rotatable bonds is 0. The highest BCUT2D eigenvalue weighted by Gasteiger charge is 2.59. The average molecular weight is 153 g/mol. The van der Waals surface area contributed by atoms with Crippen LogP contribution in [0, 0.1) is 10.8 Å². The van der Waals surface area contributed by atoms with E-state index in [4.69, 9.17) is 0 Å². The third kappa shape index (κ3) is 0.652. The van der Waals surface area contributed by atoms with E-state index in [0.29, 0.717) is 6.04 Å². The molecule has 0 radical (unpaired) electrons. The second-order valence-electron chi connectivity index (χ2n) is 4.79. The Balaban J connectivity index is 2.42. The number of nitrogens with one attached hydrogen (secondary N) is 1. The van der Waals surface area contributed by atoms with E-state index < -0.39 is 0 Å². The van der Waals surface area contributed by atoms with Crippen molar-refractivity contribution in [3.05, 3.63) is 0 Å². The number of carbonyl (C=O) groups excluding carboxylic acids is 1. The van der Waals surface area contributed by atoms with Crippen LogP contribution >= 0.6 is 0 Å². The van der Waals surface area contributed by atoms with Gasteiger partial charge in [-0.25, -0.2) is 0 Å². The lowest BCUT2D eigenvalue weighted by Gasteiger charge is -2.37. The van der Waals surface area contributed by atoms with Crippen LogP contribution in [0.15, 0.2) is 0 Å². The molecule has 2 nitrogen and oxygen atoms in total. The van der Waals surface area contributed by atoms with Crippen molar-refractivity contribution in [2.45, 2.75) is 39.7 Å². The molecule has 1 N–H and O–H groups in total. The van der Waals surface area contributed by atoms with Gasteiger partial charge >= 0.3 is 0 Å². The SMILES string of the molecule is CC1(C)C[C@H]2C[C@]1(C)C(=O)N2. The second kappa shape index (κ2) is 1.62. The molecule has 1 aliphatic heterocycles. The van der Waals surface area contributed by atoms with Gasteiger partial charge in [0.05, 0.1) is 5.41 Å². The molecule has 11 heavy (non-hydrogen) atoms. The third-order valence-corrected chi connectivity index (χ3v) is 3.74. The quantitative estimate of drug-likeness (QED) is 0.558. The molecule has 2 fully saturated rings. The van der Waals surface area contributed by atoms with Gasteiger partial charge in [0.2, 0.25) is 5.91 Å². The normalized spacial score (nSPS) is 46.1. The molecule has 2 heteroatoms.